The Bertz CT molecular complexity index is 582. The fourth-order valence-electron chi connectivity index (χ4n) is 1.46. The summed E-state index contributed by atoms with van der Waals surface area (Å²) in [4.78, 5) is 0. The number of nitrogens with zero attached hydrogens (tertiary/aromatic N) is 2. The van der Waals surface area contributed by atoms with Crippen molar-refractivity contribution < 1.29 is 9.84 Å². The molecule has 4 nitrogen and oxygen atoms in total. The third kappa shape index (κ3) is 3.69. The highest BCUT2D eigenvalue weighted by atomic mass is 35.5. The number of hydrogen-bond donors (Lipinski definition) is 1. The molecule has 2 aromatic carbocycles. The van der Waals surface area contributed by atoms with Crippen LogP contribution in [-0.4, -0.2) is 11.7 Å². The molecule has 0 aliphatic carbocycles. The number of rotatable bonds is 4. The SMILES string of the molecule is CCOc1ccc(N=Nc2ccc(Cl)cc2)c(O)c1. The van der Waals surface area contributed by atoms with E-state index in [2.05, 4.69) is 10.2 Å². The van der Waals surface area contributed by atoms with Crippen molar-refractivity contribution in [3.8, 4) is 11.5 Å². The maximum Gasteiger partial charge on any atom is 0.146 e. The van der Waals surface area contributed by atoms with Gasteiger partial charge in [0.15, 0.2) is 0 Å². The van der Waals surface area contributed by atoms with E-state index in [9.17, 15) is 5.11 Å². The molecule has 0 spiro atoms. The molecule has 0 saturated carbocycles. The van der Waals surface area contributed by atoms with Crippen LogP contribution in [0, 0.1) is 0 Å². The molecule has 98 valence electrons. The standard InChI is InChI=1S/C14H13ClN2O2/c1-2-19-12-7-8-13(14(18)9-12)17-16-11-5-3-10(15)4-6-11/h3-9,18H,2H2,1H3. The van der Waals surface area contributed by atoms with Crippen LogP contribution in [0.3, 0.4) is 0 Å². The number of aromatic hydroxyl groups is 1. The van der Waals surface area contributed by atoms with Crippen LogP contribution >= 0.6 is 11.6 Å². The Morgan fingerprint density at radius 1 is 1.11 bits per heavy atom. The van der Waals surface area contributed by atoms with Gasteiger partial charge in [-0.1, -0.05) is 11.6 Å². The van der Waals surface area contributed by atoms with Gasteiger partial charge in [0.25, 0.3) is 0 Å². The van der Waals surface area contributed by atoms with Gasteiger partial charge >= 0.3 is 0 Å². The molecule has 5 heteroatoms. The maximum atomic E-state index is 9.79. The van der Waals surface area contributed by atoms with Gasteiger partial charge in [-0.2, -0.15) is 5.11 Å². The number of hydrogen-bond acceptors (Lipinski definition) is 4. The summed E-state index contributed by atoms with van der Waals surface area (Å²) >= 11 is 5.78. The number of halogens is 1. The van der Waals surface area contributed by atoms with Crippen molar-refractivity contribution >= 4 is 23.0 Å². The summed E-state index contributed by atoms with van der Waals surface area (Å²) in [6.45, 7) is 2.43. The zero-order valence-electron chi connectivity index (χ0n) is 10.4. The second-order valence-corrected chi connectivity index (χ2v) is 4.20. The van der Waals surface area contributed by atoms with Crippen LogP contribution in [0.2, 0.25) is 5.02 Å². The quantitative estimate of drug-likeness (QED) is 0.811. The predicted octanol–water partition coefficient (Wildman–Crippen LogP) is 4.86. The van der Waals surface area contributed by atoms with Crippen molar-refractivity contribution in [3.05, 3.63) is 47.5 Å². The zero-order valence-corrected chi connectivity index (χ0v) is 11.1. The topological polar surface area (TPSA) is 54.2 Å². The van der Waals surface area contributed by atoms with E-state index >= 15 is 0 Å². The van der Waals surface area contributed by atoms with Gasteiger partial charge < -0.3 is 9.84 Å². The third-order valence-electron chi connectivity index (χ3n) is 2.36. The van der Waals surface area contributed by atoms with E-state index in [0.29, 0.717) is 28.8 Å². The molecule has 1 N–H and O–H groups in total. The van der Waals surface area contributed by atoms with Gasteiger partial charge in [-0.15, -0.1) is 5.11 Å². The summed E-state index contributed by atoms with van der Waals surface area (Å²) in [5, 5.41) is 18.4. The van der Waals surface area contributed by atoms with Gasteiger partial charge in [-0.25, -0.2) is 0 Å². The van der Waals surface area contributed by atoms with Crippen LogP contribution < -0.4 is 4.74 Å². The molecular weight excluding hydrogens is 264 g/mol. The minimum absolute atomic E-state index is 0.0312. The normalized spacial score (nSPS) is 10.8. The van der Waals surface area contributed by atoms with Crippen molar-refractivity contribution in [2.24, 2.45) is 10.2 Å². The molecular formula is C14H13ClN2O2. The molecule has 19 heavy (non-hydrogen) atoms. The summed E-state index contributed by atoms with van der Waals surface area (Å²) in [6, 6.07) is 11.9. The maximum absolute atomic E-state index is 9.79. The molecule has 0 heterocycles. The molecule has 2 rings (SSSR count). The van der Waals surface area contributed by atoms with Gasteiger partial charge in [-0.05, 0) is 43.3 Å². The monoisotopic (exact) mass is 276 g/mol. The minimum atomic E-state index is 0.0312. The van der Waals surface area contributed by atoms with Crippen LogP contribution in [-0.2, 0) is 0 Å². The average molecular weight is 277 g/mol. The zero-order chi connectivity index (χ0) is 13.7. The van der Waals surface area contributed by atoms with E-state index < -0.39 is 0 Å². The van der Waals surface area contributed by atoms with E-state index in [1.165, 1.54) is 6.07 Å². The second-order valence-electron chi connectivity index (χ2n) is 3.76. The first-order valence-electron chi connectivity index (χ1n) is 5.82. The summed E-state index contributed by atoms with van der Waals surface area (Å²) in [7, 11) is 0. The van der Waals surface area contributed by atoms with Crippen LogP contribution in [0.4, 0.5) is 11.4 Å². The Balaban J connectivity index is 2.16. The summed E-state index contributed by atoms with van der Waals surface area (Å²) in [6.07, 6.45) is 0. The largest absolute Gasteiger partial charge is 0.505 e. The molecule has 0 amide bonds. The highest BCUT2D eigenvalue weighted by molar-refractivity contribution is 6.30. The van der Waals surface area contributed by atoms with E-state index in [1.807, 2.05) is 6.92 Å². The number of ether oxygens (including phenoxy) is 1. The van der Waals surface area contributed by atoms with Gasteiger partial charge in [0, 0.05) is 11.1 Å². The first-order valence-corrected chi connectivity index (χ1v) is 6.20. The van der Waals surface area contributed by atoms with Crippen molar-refractivity contribution in [2.45, 2.75) is 6.92 Å². The predicted molar refractivity (Wildman–Crippen MR) is 74.9 cm³/mol. The molecule has 0 atom stereocenters. The lowest BCUT2D eigenvalue weighted by Crippen LogP contribution is -1.90. The Labute approximate surface area is 116 Å². The molecule has 0 unspecified atom stereocenters. The lowest BCUT2D eigenvalue weighted by atomic mass is 10.3. The average Bonchev–Trinajstić information content (AvgIpc) is 2.40. The summed E-state index contributed by atoms with van der Waals surface area (Å²) < 4.78 is 5.27. The fourth-order valence-corrected chi connectivity index (χ4v) is 1.59. The first-order chi connectivity index (χ1) is 9.19. The van der Waals surface area contributed by atoms with Crippen molar-refractivity contribution in [2.75, 3.05) is 6.61 Å². The van der Waals surface area contributed by atoms with Gasteiger partial charge in [0.05, 0.1) is 12.3 Å². The van der Waals surface area contributed by atoms with Gasteiger partial charge in [-0.3, -0.25) is 0 Å². The molecule has 0 bridgehead atoms. The van der Waals surface area contributed by atoms with Crippen molar-refractivity contribution in [3.63, 3.8) is 0 Å². The van der Waals surface area contributed by atoms with E-state index in [1.54, 1.807) is 36.4 Å². The summed E-state index contributed by atoms with van der Waals surface area (Å²) in [5.74, 6) is 0.633. The molecule has 0 fully saturated rings. The number of azo groups is 1. The van der Waals surface area contributed by atoms with Crippen LogP contribution in [0.5, 0.6) is 11.5 Å². The molecule has 0 aliphatic rings. The minimum Gasteiger partial charge on any atom is -0.505 e. The number of benzene rings is 2. The van der Waals surface area contributed by atoms with Crippen LogP contribution in [0.25, 0.3) is 0 Å². The Morgan fingerprint density at radius 2 is 1.84 bits per heavy atom. The molecule has 2 aromatic rings. The van der Waals surface area contributed by atoms with Crippen molar-refractivity contribution in [1.29, 1.82) is 0 Å². The van der Waals surface area contributed by atoms with E-state index in [0.717, 1.165) is 0 Å². The second kappa shape index (κ2) is 6.20. The molecule has 0 aromatic heterocycles. The Kier molecular flexibility index (Phi) is 4.36. The Hall–Kier alpha value is -2.07. The van der Waals surface area contributed by atoms with E-state index in [-0.39, 0.29) is 5.75 Å². The highest BCUT2D eigenvalue weighted by Gasteiger charge is 2.02. The van der Waals surface area contributed by atoms with Crippen LogP contribution in [0.15, 0.2) is 52.7 Å². The van der Waals surface area contributed by atoms with Gasteiger partial charge in [0.1, 0.15) is 17.2 Å². The fraction of sp³-hybridized carbons (Fsp3) is 0.143. The first kappa shape index (κ1) is 13.4. The van der Waals surface area contributed by atoms with Gasteiger partial charge in [0.2, 0.25) is 0 Å². The molecule has 0 aliphatic heterocycles. The third-order valence-corrected chi connectivity index (χ3v) is 2.61. The lowest BCUT2D eigenvalue weighted by Gasteiger charge is -2.04. The smallest absolute Gasteiger partial charge is 0.146 e. The van der Waals surface area contributed by atoms with Crippen molar-refractivity contribution in [1.82, 2.24) is 0 Å². The number of phenols is 1. The summed E-state index contributed by atoms with van der Waals surface area (Å²) in [5.41, 5.74) is 1.05. The molecule has 0 saturated heterocycles. The van der Waals surface area contributed by atoms with E-state index in [4.69, 9.17) is 16.3 Å². The lowest BCUT2D eigenvalue weighted by molar-refractivity contribution is 0.338. The number of phenolic OH excluding ortho intramolecular Hbond substituents is 1. The molecule has 0 radical (unpaired) electrons. The van der Waals surface area contributed by atoms with Crippen LogP contribution in [0.1, 0.15) is 6.92 Å². The highest BCUT2D eigenvalue weighted by Crippen LogP contribution is 2.31. The Morgan fingerprint density at radius 3 is 2.47 bits per heavy atom.